The second kappa shape index (κ2) is 8.71. The first kappa shape index (κ1) is 17.5. The van der Waals surface area contributed by atoms with E-state index in [9.17, 15) is 15.0 Å². The van der Waals surface area contributed by atoms with Gasteiger partial charge in [0.2, 0.25) is 0 Å². The van der Waals surface area contributed by atoms with Gasteiger partial charge in [0.25, 0.3) is 0 Å². The molecule has 0 aliphatic rings. The van der Waals surface area contributed by atoms with Crippen LogP contribution in [0.15, 0.2) is 12.1 Å². The van der Waals surface area contributed by atoms with E-state index in [4.69, 9.17) is 0 Å². The van der Waals surface area contributed by atoms with Crippen molar-refractivity contribution in [1.29, 1.82) is 0 Å². The highest BCUT2D eigenvalue weighted by Gasteiger charge is 2.15. The van der Waals surface area contributed by atoms with Crippen molar-refractivity contribution in [3.8, 4) is 5.75 Å². The van der Waals surface area contributed by atoms with Crippen LogP contribution in [-0.2, 0) is 12.8 Å². The fourth-order valence-electron chi connectivity index (χ4n) is 2.54. The predicted molar refractivity (Wildman–Crippen MR) is 86.1 cm³/mol. The van der Waals surface area contributed by atoms with Gasteiger partial charge in [0, 0.05) is 0 Å². The summed E-state index contributed by atoms with van der Waals surface area (Å²) < 4.78 is 0. The molecule has 0 radical (unpaired) electrons. The summed E-state index contributed by atoms with van der Waals surface area (Å²) in [7, 11) is 0. The van der Waals surface area contributed by atoms with Crippen molar-refractivity contribution >= 4 is 5.97 Å². The molecule has 0 spiro atoms. The standard InChI is InChI=1S/C18H28O3/c1-4-5-6-10-15-11-14(9-7-8-13(2)3)12-16(17(15)19)18(20)21/h11-13,19H,4-10H2,1-3H3,(H,20,21). The summed E-state index contributed by atoms with van der Waals surface area (Å²) >= 11 is 0. The van der Waals surface area contributed by atoms with Crippen LogP contribution < -0.4 is 0 Å². The molecule has 1 aromatic rings. The van der Waals surface area contributed by atoms with Gasteiger partial charge in [-0.15, -0.1) is 0 Å². The first-order valence-corrected chi connectivity index (χ1v) is 8.03. The average Bonchev–Trinajstić information content (AvgIpc) is 2.41. The summed E-state index contributed by atoms with van der Waals surface area (Å²) in [5, 5.41) is 19.4. The highest BCUT2D eigenvalue weighted by molar-refractivity contribution is 5.91. The largest absolute Gasteiger partial charge is 0.507 e. The van der Waals surface area contributed by atoms with Gasteiger partial charge in [0.1, 0.15) is 11.3 Å². The number of hydrogen-bond donors (Lipinski definition) is 2. The summed E-state index contributed by atoms with van der Waals surface area (Å²) in [6.45, 7) is 6.51. The van der Waals surface area contributed by atoms with E-state index in [1.165, 1.54) is 0 Å². The number of aryl methyl sites for hydroxylation is 2. The number of benzene rings is 1. The molecule has 0 fully saturated rings. The van der Waals surface area contributed by atoms with E-state index in [2.05, 4.69) is 20.8 Å². The SMILES string of the molecule is CCCCCc1cc(CCCC(C)C)cc(C(=O)O)c1O. The maximum Gasteiger partial charge on any atom is 0.339 e. The molecule has 118 valence electrons. The van der Waals surface area contributed by atoms with E-state index in [-0.39, 0.29) is 11.3 Å². The summed E-state index contributed by atoms with van der Waals surface area (Å²) in [6.07, 6.45) is 7.00. The Labute approximate surface area is 128 Å². The zero-order valence-corrected chi connectivity index (χ0v) is 13.5. The third kappa shape index (κ3) is 5.78. The molecule has 21 heavy (non-hydrogen) atoms. The van der Waals surface area contributed by atoms with E-state index >= 15 is 0 Å². The van der Waals surface area contributed by atoms with Gasteiger partial charge < -0.3 is 10.2 Å². The van der Waals surface area contributed by atoms with Gasteiger partial charge in [-0.25, -0.2) is 4.79 Å². The maximum atomic E-state index is 11.3. The van der Waals surface area contributed by atoms with Crippen LogP contribution in [0.3, 0.4) is 0 Å². The molecule has 1 rings (SSSR count). The fourth-order valence-corrected chi connectivity index (χ4v) is 2.54. The van der Waals surface area contributed by atoms with Gasteiger partial charge in [-0.3, -0.25) is 0 Å². The van der Waals surface area contributed by atoms with E-state index in [1.54, 1.807) is 6.07 Å². The third-order valence-electron chi connectivity index (χ3n) is 3.78. The van der Waals surface area contributed by atoms with Crippen molar-refractivity contribution in [2.75, 3.05) is 0 Å². The molecule has 0 aliphatic carbocycles. The lowest BCUT2D eigenvalue weighted by atomic mass is 9.96. The number of phenols is 1. The molecule has 0 aromatic heterocycles. The zero-order chi connectivity index (χ0) is 15.8. The third-order valence-corrected chi connectivity index (χ3v) is 3.78. The first-order chi connectivity index (χ1) is 9.95. The Hall–Kier alpha value is -1.51. The lowest BCUT2D eigenvalue weighted by molar-refractivity contribution is 0.0693. The van der Waals surface area contributed by atoms with Gasteiger partial charge in [-0.05, 0) is 48.8 Å². The van der Waals surface area contributed by atoms with E-state index in [1.807, 2.05) is 6.07 Å². The van der Waals surface area contributed by atoms with Crippen molar-refractivity contribution in [3.63, 3.8) is 0 Å². The predicted octanol–water partition coefficient (Wildman–Crippen LogP) is 4.80. The minimum absolute atomic E-state index is 0.0449. The highest BCUT2D eigenvalue weighted by Crippen LogP contribution is 2.27. The lowest BCUT2D eigenvalue weighted by Gasteiger charge is -2.12. The zero-order valence-electron chi connectivity index (χ0n) is 13.5. The minimum Gasteiger partial charge on any atom is -0.507 e. The Morgan fingerprint density at radius 1 is 1.14 bits per heavy atom. The topological polar surface area (TPSA) is 57.5 Å². The second-order valence-electron chi connectivity index (χ2n) is 6.20. The van der Waals surface area contributed by atoms with Gasteiger partial charge in [0.15, 0.2) is 0 Å². The van der Waals surface area contributed by atoms with Crippen molar-refractivity contribution < 1.29 is 15.0 Å². The Morgan fingerprint density at radius 3 is 2.43 bits per heavy atom. The quantitative estimate of drug-likeness (QED) is 0.643. The Morgan fingerprint density at radius 2 is 1.86 bits per heavy atom. The molecule has 0 saturated carbocycles. The molecule has 0 saturated heterocycles. The first-order valence-electron chi connectivity index (χ1n) is 8.03. The van der Waals surface area contributed by atoms with Crippen LogP contribution in [0.2, 0.25) is 0 Å². The monoisotopic (exact) mass is 292 g/mol. The Balaban J connectivity index is 2.89. The smallest absolute Gasteiger partial charge is 0.339 e. The molecule has 0 heterocycles. The van der Waals surface area contributed by atoms with Gasteiger partial charge >= 0.3 is 5.97 Å². The summed E-state index contributed by atoms with van der Waals surface area (Å²) in [6, 6.07) is 3.61. The molecule has 0 amide bonds. The van der Waals surface area contributed by atoms with Crippen LogP contribution in [0.5, 0.6) is 5.75 Å². The molecular weight excluding hydrogens is 264 g/mol. The van der Waals surface area contributed by atoms with Gasteiger partial charge in [0.05, 0.1) is 0 Å². The molecule has 3 nitrogen and oxygen atoms in total. The van der Waals surface area contributed by atoms with Crippen LogP contribution in [0.1, 0.15) is 74.4 Å². The van der Waals surface area contributed by atoms with Gasteiger partial charge in [-0.2, -0.15) is 0 Å². The number of hydrogen-bond acceptors (Lipinski definition) is 2. The van der Waals surface area contributed by atoms with Gasteiger partial charge in [-0.1, -0.05) is 46.1 Å². The van der Waals surface area contributed by atoms with Crippen LogP contribution in [0.4, 0.5) is 0 Å². The Kier molecular flexibility index (Phi) is 7.27. The van der Waals surface area contributed by atoms with Crippen molar-refractivity contribution in [2.45, 2.75) is 65.7 Å². The van der Waals surface area contributed by atoms with E-state index in [0.717, 1.165) is 56.1 Å². The second-order valence-corrected chi connectivity index (χ2v) is 6.20. The number of carboxylic acids is 1. The van der Waals surface area contributed by atoms with E-state index < -0.39 is 5.97 Å². The molecule has 0 atom stereocenters. The number of aromatic hydroxyl groups is 1. The molecule has 3 heteroatoms. The van der Waals surface area contributed by atoms with E-state index in [0.29, 0.717) is 5.92 Å². The normalized spacial score (nSPS) is 11.0. The number of carboxylic acid groups (broad SMARTS) is 1. The lowest BCUT2D eigenvalue weighted by Crippen LogP contribution is -2.02. The van der Waals surface area contributed by atoms with Crippen LogP contribution >= 0.6 is 0 Å². The van der Waals surface area contributed by atoms with Crippen molar-refractivity contribution in [1.82, 2.24) is 0 Å². The Bertz CT molecular complexity index is 464. The maximum absolute atomic E-state index is 11.3. The molecular formula is C18H28O3. The summed E-state index contributed by atoms with van der Waals surface area (Å²) in [5.74, 6) is -0.439. The minimum atomic E-state index is -1.05. The molecule has 2 N–H and O–H groups in total. The molecule has 0 bridgehead atoms. The van der Waals surface area contributed by atoms with Crippen LogP contribution in [-0.4, -0.2) is 16.2 Å². The van der Waals surface area contributed by atoms with Crippen molar-refractivity contribution in [3.05, 3.63) is 28.8 Å². The molecule has 0 unspecified atom stereocenters. The molecule has 0 aliphatic heterocycles. The number of aromatic carboxylic acids is 1. The number of carbonyl (C=O) groups is 1. The highest BCUT2D eigenvalue weighted by atomic mass is 16.4. The molecule has 1 aromatic carbocycles. The number of rotatable bonds is 9. The summed E-state index contributed by atoms with van der Waals surface area (Å²) in [4.78, 5) is 11.3. The van der Waals surface area contributed by atoms with Crippen molar-refractivity contribution in [2.24, 2.45) is 5.92 Å². The fraction of sp³-hybridized carbons (Fsp3) is 0.611. The number of unbranched alkanes of at least 4 members (excludes halogenated alkanes) is 2. The van der Waals surface area contributed by atoms with Crippen LogP contribution in [0, 0.1) is 5.92 Å². The van der Waals surface area contributed by atoms with Crippen LogP contribution in [0.25, 0.3) is 0 Å². The summed E-state index contributed by atoms with van der Waals surface area (Å²) in [5.41, 5.74) is 1.85. The average molecular weight is 292 g/mol.